The molecule has 1 saturated heterocycles. The van der Waals surface area contributed by atoms with Gasteiger partial charge in [-0.25, -0.2) is 0 Å². The number of nitrogens with two attached hydrogens (primary N) is 1. The Labute approximate surface area is 96.5 Å². The van der Waals surface area contributed by atoms with E-state index < -0.39 is 0 Å². The van der Waals surface area contributed by atoms with Crippen LogP contribution in [0, 0.1) is 0 Å². The van der Waals surface area contributed by atoms with Crippen molar-refractivity contribution in [2.45, 2.75) is 13.0 Å². The quantitative estimate of drug-likeness (QED) is 0.530. The van der Waals surface area contributed by atoms with Crippen LogP contribution in [-0.2, 0) is 0 Å². The maximum absolute atomic E-state index is 9.14. The van der Waals surface area contributed by atoms with Crippen molar-refractivity contribution >= 4 is 6.21 Å². The van der Waals surface area contributed by atoms with Crippen LogP contribution in [0.2, 0.25) is 0 Å². The fraction of sp³-hybridized carbons (Fsp3) is 0.417. The molecule has 1 aliphatic rings. The second-order valence-corrected chi connectivity index (χ2v) is 3.84. The Balaban J connectivity index is 2.40. The van der Waals surface area contributed by atoms with Crippen LogP contribution in [0.25, 0.3) is 0 Å². The van der Waals surface area contributed by atoms with Crippen LogP contribution in [0.3, 0.4) is 0 Å². The highest BCUT2D eigenvalue weighted by Gasteiger charge is 2.24. The first-order valence-corrected chi connectivity index (χ1v) is 5.32. The summed E-state index contributed by atoms with van der Waals surface area (Å²) in [5.74, 6) is 0. The Hall–Kier alpha value is -1.39. The summed E-state index contributed by atoms with van der Waals surface area (Å²) >= 11 is 0. The third-order valence-corrected chi connectivity index (χ3v) is 2.31. The summed E-state index contributed by atoms with van der Waals surface area (Å²) in [4.78, 5) is 6.28. The molecular weight excluding hydrogens is 202 g/mol. The molecule has 1 fully saturated rings. The topological polar surface area (TPSA) is 61.8 Å². The van der Waals surface area contributed by atoms with Gasteiger partial charge in [0.15, 0.2) is 0 Å². The second-order valence-electron chi connectivity index (χ2n) is 3.84. The summed E-state index contributed by atoms with van der Waals surface area (Å²) in [5.41, 5.74) is 7.13. The first-order valence-electron chi connectivity index (χ1n) is 5.32. The molecule has 0 aliphatic carbocycles. The number of hydrogen-bond acceptors (Lipinski definition) is 4. The van der Waals surface area contributed by atoms with Crippen LogP contribution in [0.4, 0.5) is 0 Å². The van der Waals surface area contributed by atoms with E-state index in [-0.39, 0.29) is 6.10 Å². The van der Waals surface area contributed by atoms with Crippen LogP contribution < -0.4 is 5.73 Å². The van der Waals surface area contributed by atoms with E-state index in [9.17, 15) is 0 Å². The summed E-state index contributed by atoms with van der Waals surface area (Å²) in [7, 11) is 0. The van der Waals surface area contributed by atoms with Crippen LogP contribution in [0.5, 0.6) is 0 Å². The zero-order valence-corrected chi connectivity index (χ0v) is 9.63. The summed E-state index contributed by atoms with van der Waals surface area (Å²) in [5, 5.41) is 9.14. The molecule has 0 saturated carbocycles. The van der Waals surface area contributed by atoms with Crippen molar-refractivity contribution in [1.82, 2.24) is 4.90 Å². The Kier molecular flexibility index (Phi) is 4.95. The fourth-order valence-corrected chi connectivity index (χ4v) is 1.47. The maximum Gasteiger partial charge on any atom is 0.0794 e. The molecule has 88 valence electrons. The normalized spacial score (nSPS) is 19.5. The van der Waals surface area contributed by atoms with E-state index in [0.717, 1.165) is 12.1 Å². The third-order valence-electron chi connectivity index (χ3n) is 2.31. The Morgan fingerprint density at radius 3 is 2.81 bits per heavy atom. The first-order chi connectivity index (χ1) is 7.65. The van der Waals surface area contributed by atoms with Crippen molar-refractivity contribution in [2.24, 2.45) is 10.7 Å². The second kappa shape index (κ2) is 6.25. The van der Waals surface area contributed by atoms with E-state index in [4.69, 9.17) is 10.8 Å². The molecule has 1 aliphatic heterocycles. The molecule has 16 heavy (non-hydrogen) atoms. The zero-order valence-electron chi connectivity index (χ0n) is 9.63. The molecular formula is C12H19N3O. The lowest BCUT2D eigenvalue weighted by atomic mass is 10.1. The van der Waals surface area contributed by atoms with Gasteiger partial charge in [0, 0.05) is 25.8 Å². The van der Waals surface area contributed by atoms with Crippen LogP contribution in [0.15, 0.2) is 41.2 Å². The Morgan fingerprint density at radius 1 is 1.62 bits per heavy atom. The third kappa shape index (κ3) is 4.00. The van der Waals surface area contributed by atoms with Gasteiger partial charge in [-0.1, -0.05) is 12.7 Å². The van der Waals surface area contributed by atoms with Gasteiger partial charge in [0.05, 0.1) is 11.8 Å². The monoisotopic (exact) mass is 221 g/mol. The van der Waals surface area contributed by atoms with Crippen LogP contribution in [0.1, 0.15) is 6.92 Å². The summed E-state index contributed by atoms with van der Waals surface area (Å²) in [6, 6.07) is 0. The molecule has 1 heterocycles. The van der Waals surface area contributed by atoms with E-state index in [1.54, 1.807) is 6.21 Å². The van der Waals surface area contributed by atoms with Gasteiger partial charge in [-0.05, 0) is 24.8 Å². The molecule has 0 aromatic heterocycles. The molecule has 0 spiro atoms. The molecule has 4 heteroatoms. The Morgan fingerprint density at radius 2 is 2.31 bits per heavy atom. The lowest BCUT2D eigenvalue weighted by Gasteiger charge is -2.35. The molecule has 0 bridgehead atoms. The largest absolute Gasteiger partial charge is 0.404 e. The number of β-amino-alcohol motifs (C(OH)–C–C–N with tert-alkyl or cyclic N) is 1. The minimum atomic E-state index is -0.186. The van der Waals surface area contributed by atoms with Crippen molar-refractivity contribution in [3.8, 4) is 0 Å². The van der Waals surface area contributed by atoms with E-state index in [0.29, 0.717) is 18.8 Å². The van der Waals surface area contributed by atoms with Gasteiger partial charge in [0.25, 0.3) is 0 Å². The van der Waals surface area contributed by atoms with E-state index in [2.05, 4.69) is 16.5 Å². The van der Waals surface area contributed by atoms with E-state index in [1.165, 1.54) is 6.20 Å². The lowest BCUT2D eigenvalue weighted by molar-refractivity contribution is 0.00904. The van der Waals surface area contributed by atoms with Crippen LogP contribution >= 0.6 is 0 Å². The van der Waals surface area contributed by atoms with Gasteiger partial charge >= 0.3 is 0 Å². The number of aliphatic imine (C=N–C) groups is 1. The highest BCUT2D eigenvalue weighted by molar-refractivity contribution is 5.80. The number of rotatable bonds is 5. The molecule has 3 N–H and O–H groups in total. The van der Waals surface area contributed by atoms with Crippen molar-refractivity contribution < 1.29 is 5.11 Å². The predicted octanol–water partition coefficient (Wildman–Crippen LogP) is 0.666. The van der Waals surface area contributed by atoms with Crippen molar-refractivity contribution in [1.29, 1.82) is 0 Å². The number of hydrogen-bond donors (Lipinski definition) is 2. The highest BCUT2D eigenvalue weighted by atomic mass is 16.3. The summed E-state index contributed by atoms with van der Waals surface area (Å²) in [6.07, 6.45) is 6.79. The number of likely N-dealkylation sites (tertiary alicyclic amines) is 1. The SMILES string of the molecule is C=C(/C=C\C)N=CC(=CN)CN1CC(O)C1. The molecule has 4 nitrogen and oxygen atoms in total. The molecule has 1 rings (SSSR count). The van der Waals surface area contributed by atoms with Crippen molar-refractivity contribution in [3.05, 3.63) is 36.2 Å². The molecule has 0 aromatic rings. The minimum absolute atomic E-state index is 0.186. The van der Waals surface area contributed by atoms with Gasteiger partial charge in [-0.15, -0.1) is 0 Å². The number of allylic oxidation sites excluding steroid dienone is 2. The van der Waals surface area contributed by atoms with Crippen LogP contribution in [-0.4, -0.2) is 42.0 Å². The zero-order chi connectivity index (χ0) is 12.0. The smallest absolute Gasteiger partial charge is 0.0794 e. The molecule has 0 atom stereocenters. The van der Waals surface area contributed by atoms with E-state index in [1.807, 2.05) is 19.1 Å². The van der Waals surface area contributed by atoms with Gasteiger partial charge in [-0.2, -0.15) is 0 Å². The van der Waals surface area contributed by atoms with Gasteiger partial charge in [0.2, 0.25) is 0 Å². The van der Waals surface area contributed by atoms with Gasteiger partial charge < -0.3 is 10.8 Å². The van der Waals surface area contributed by atoms with Crippen molar-refractivity contribution in [3.63, 3.8) is 0 Å². The predicted molar refractivity (Wildman–Crippen MR) is 67.2 cm³/mol. The average Bonchev–Trinajstić information content (AvgIpc) is 2.21. The number of aliphatic hydroxyl groups is 1. The van der Waals surface area contributed by atoms with Gasteiger partial charge in [-0.3, -0.25) is 9.89 Å². The molecule has 0 unspecified atom stereocenters. The molecule has 0 aromatic carbocycles. The lowest BCUT2D eigenvalue weighted by Crippen LogP contribution is -2.51. The minimum Gasteiger partial charge on any atom is -0.404 e. The first kappa shape index (κ1) is 12.7. The number of nitrogens with zero attached hydrogens (tertiary/aromatic N) is 2. The average molecular weight is 221 g/mol. The van der Waals surface area contributed by atoms with Gasteiger partial charge in [0.1, 0.15) is 0 Å². The highest BCUT2D eigenvalue weighted by Crippen LogP contribution is 2.09. The maximum atomic E-state index is 9.14. The summed E-state index contributed by atoms with van der Waals surface area (Å²) < 4.78 is 0. The standard InChI is InChI=1S/C12H19N3O/c1-3-4-10(2)14-6-11(5-13)7-15-8-12(16)9-15/h3-6,12,16H,2,7-9,13H2,1H3/b4-3-,11-5?,14-6?. The Bertz CT molecular complexity index is 325. The summed E-state index contributed by atoms with van der Waals surface area (Å²) in [6.45, 7) is 7.83. The molecule has 0 radical (unpaired) electrons. The molecule has 0 amide bonds. The number of aliphatic hydroxyl groups excluding tert-OH is 1. The van der Waals surface area contributed by atoms with Crippen molar-refractivity contribution in [2.75, 3.05) is 19.6 Å². The fourth-order valence-electron chi connectivity index (χ4n) is 1.47. The van der Waals surface area contributed by atoms with E-state index >= 15 is 0 Å².